The van der Waals surface area contributed by atoms with Crippen LogP contribution in [0.5, 0.6) is 0 Å². The van der Waals surface area contributed by atoms with Gasteiger partial charge >= 0.3 is 6.71 Å². The topological polar surface area (TPSA) is 22.9 Å². The molecular weight excluding hydrogens is 1050 g/mol. The van der Waals surface area contributed by atoms with Gasteiger partial charge in [0.2, 0.25) is 0 Å². The van der Waals surface area contributed by atoms with E-state index in [1.807, 2.05) is 0 Å². The van der Waals surface area contributed by atoms with Crippen molar-refractivity contribution >= 4 is 101 Å². The second-order valence-electron chi connectivity index (χ2n) is 34.4. The molecule has 8 aromatic rings. The van der Waals surface area contributed by atoms with Gasteiger partial charge in [0.1, 0.15) is 11.2 Å². The second-order valence-corrected chi connectivity index (χ2v) is 35.5. The van der Waals surface area contributed by atoms with Crippen LogP contribution in [0.25, 0.3) is 21.1 Å². The van der Waals surface area contributed by atoms with Gasteiger partial charge in [-0.1, -0.05) is 141 Å². The van der Waals surface area contributed by atoms with Crippen LogP contribution in [0.4, 0.5) is 45.5 Å². The van der Waals surface area contributed by atoms with Gasteiger partial charge < -0.3 is 19.1 Å². The molecule has 4 aliphatic heterocycles. The molecular formula is C79H90BN3OS. The molecule has 0 N–H and O–H groups in total. The Hall–Kier alpha value is -5.72. The fourth-order valence-electron chi connectivity index (χ4n) is 20.1. The van der Waals surface area contributed by atoms with Crippen LogP contribution in [-0.2, 0) is 48.7 Å². The summed E-state index contributed by atoms with van der Waals surface area (Å²) in [5.41, 5.74) is 27.5. The molecule has 4 unspecified atom stereocenters. The van der Waals surface area contributed by atoms with Crippen LogP contribution in [0.2, 0.25) is 0 Å². The standard InChI is InChI=1S/C79H90BN3OS/c1-70(2)28-29-72(5,6)54-36-46(22-24-51(54)70)82-62-39-48-38-61-65(62)80(69-67(82)50-41-56-58(43-64(50)85-69)76(13,14)33-31-74(56,9)10)68-66(49-40-55-57(42-63(49)84-68)75(11,12)32-30-73(55,7)8)81(61)47-23-25-52-59(37-47)77(15,35-34-71(52,3)4)45-26-27-78(16)53-20-18-19-21-60(53)83(48)79(78,17)44-45/h18-25,36-43,45H,26-35,44H2,1-17H3. The van der Waals surface area contributed by atoms with Crippen LogP contribution in [-0.4, -0.2) is 12.3 Å². The second kappa shape index (κ2) is 16.1. The molecule has 1 saturated carbocycles. The van der Waals surface area contributed by atoms with Crippen molar-refractivity contribution in [2.24, 2.45) is 5.92 Å². The summed E-state index contributed by atoms with van der Waals surface area (Å²) in [6.45, 7) is 42.9. The highest BCUT2D eigenvalue weighted by Gasteiger charge is 2.63. The third-order valence-electron chi connectivity index (χ3n) is 26.4. The van der Waals surface area contributed by atoms with Crippen LogP contribution >= 0.6 is 11.3 Å². The lowest BCUT2D eigenvalue weighted by molar-refractivity contribution is 0.0840. The van der Waals surface area contributed by atoms with Crippen molar-refractivity contribution in [3.63, 3.8) is 0 Å². The Morgan fingerprint density at radius 3 is 1.54 bits per heavy atom. The zero-order chi connectivity index (χ0) is 59.2. The van der Waals surface area contributed by atoms with E-state index in [-0.39, 0.29) is 61.0 Å². The summed E-state index contributed by atoms with van der Waals surface area (Å²) in [6.07, 6.45) is 12.9. The predicted molar refractivity (Wildman–Crippen MR) is 363 cm³/mol. The van der Waals surface area contributed by atoms with E-state index in [0.717, 1.165) is 30.5 Å². The van der Waals surface area contributed by atoms with E-state index in [2.05, 4.69) is 241 Å². The Morgan fingerprint density at radius 1 is 0.435 bits per heavy atom. The third-order valence-corrected chi connectivity index (χ3v) is 27.6. The first kappa shape index (κ1) is 53.5. The zero-order valence-corrected chi connectivity index (χ0v) is 55.1. The van der Waals surface area contributed by atoms with Gasteiger partial charge in [0.25, 0.3) is 0 Å². The number of para-hydroxylation sites is 1. The maximum absolute atomic E-state index is 8.00. The Morgan fingerprint density at radius 2 is 0.929 bits per heavy atom. The minimum atomic E-state index is -0.212. The number of fused-ring (bicyclic) bond motifs is 21. The van der Waals surface area contributed by atoms with Crippen LogP contribution in [0.3, 0.4) is 0 Å². The summed E-state index contributed by atoms with van der Waals surface area (Å²) in [4.78, 5) is 8.52. The molecule has 0 radical (unpaired) electrons. The Kier molecular flexibility index (Phi) is 10.2. The third kappa shape index (κ3) is 6.67. The number of benzene rings is 6. The predicted octanol–water partition coefficient (Wildman–Crippen LogP) is 20.1. The van der Waals surface area contributed by atoms with Crippen molar-refractivity contribution in [2.45, 2.75) is 243 Å². The van der Waals surface area contributed by atoms with Gasteiger partial charge in [0.15, 0.2) is 0 Å². The first-order valence-corrected chi connectivity index (χ1v) is 33.9. The summed E-state index contributed by atoms with van der Waals surface area (Å²) in [5, 5.41) is 2.63. The zero-order valence-electron chi connectivity index (χ0n) is 54.3. The molecule has 1 fully saturated rings. The van der Waals surface area contributed by atoms with Crippen LogP contribution in [0.1, 0.15) is 238 Å². The molecule has 6 bridgehead atoms. The average Bonchev–Trinajstić information content (AvgIpc) is 1.70. The van der Waals surface area contributed by atoms with Crippen molar-refractivity contribution < 1.29 is 4.42 Å². The van der Waals surface area contributed by atoms with Gasteiger partial charge in [-0.25, -0.2) is 0 Å². The lowest BCUT2D eigenvalue weighted by Crippen LogP contribution is -2.61. The summed E-state index contributed by atoms with van der Waals surface area (Å²) in [7, 11) is 0. The molecule has 4 nitrogen and oxygen atoms in total. The molecule has 17 rings (SSSR count). The largest absolute Gasteiger partial charge is 0.468 e. The monoisotopic (exact) mass is 1140 g/mol. The summed E-state index contributed by atoms with van der Waals surface area (Å²) < 4.78 is 10.8. The molecule has 6 heteroatoms. The van der Waals surface area contributed by atoms with Crippen LogP contribution in [0, 0.1) is 5.92 Å². The number of thiophene rings is 1. The molecule has 85 heavy (non-hydrogen) atoms. The number of hydrogen-bond donors (Lipinski definition) is 0. The molecule has 6 heterocycles. The summed E-state index contributed by atoms with van der Waals surface area (Å²) in [5.74, 6) is 0.497. The van der Waals surface area contributed by atoms with E-state index in [4.69, 9.17) is 4.42 Å². The maximum Gasteiger partial charge on any atom is 0.309 e. The van der Waals surface area contributed by atoms with Gasteiger partial charge in [-0.15, -0.1) is 11.3 Å². The van der Waals surface area contributed by atoms with E-state index in [1.165, 1.54) is 162 Å². The molecule has 9 aliphatic rings. The lowest BCUT2D eigenvalue weighted by Gasteiger charge is -2.58. The fourth-order valence-corrected chi connectivity index (χ4v) is 21.4. The van der Waals surface area contributed by atoms with Gasteiger partial charge in [-0.05, 0) is 249 Å². The number of hydrogen-bond acceptors (Lipinski definition) is 5. The van der Waals surface area contributed by atoms with Crippen molar-refractivity contribution in [1.29, 1.82) is 0 Å². The van der Waals surface area contributed by atoms with Gasteiger partial charge in [0, 0.05) is 59.8 Å². The summed E-state index contributed by atoms with van der Waals surface area (Å²) >= 11 is 2.06. The lowest BCUT2D eigenvalue weighted by atomic mass is 9.38. The summed E-state index contributed by atoms with van der Waals surface area (Å²) in [6, 6.07) is 41.2. The first-order valence-electron chi connectivity index (χ1n) is 33.1. The van der Waals surface area contributed by atoms with Crippen molar-refractivity contribution in [2.75, 3.05) is 14.7 Å². The highest BCUT2D eigenvalue weighted by molar-refractivity contribution is 7.33. The Balaban J connectivity index is 1.06. The van der Waals surface area contributed by atoms with Crippen molar-refractivity contribution in [1.82, 2.24) is 0 Å². The highest BCUT2D eigenvalue weighted by atomic mass is 32.1. The SMILES string of the molecule is CC1(C)CCC(C)(C)c2cc(N3c4cc5cc6c4B(c4oc7cc8c(cc7c4N6c4ccc6c(c4)C(C)(CCC6(C)C)C4CCC6(C)c7ccccc7N5C6(C)C4)C(C)(C)CCC8(C)C)c4sc5cc6c(cc5c43)C(C)(C)CCC6(C)C)ccc21. The molecule has 2 aromatic heterocycles. The van der Waals surface area contributed by atoms with E-state index >= 15 is 0 Å². The Labute approximate surface area is 512 Å². The van der Waals surface area contributed by atoms with Gasteiger partial charge in [0.05, 0.1) is 16.9 Å². The molecule has 5 aliphatic carbocycles. The Bertz CT molecular complexity index is 4330. The van der Waals surface area contributed by atoms with E-state index in [9.17, 15) is 0 Å². The minimum absolute atomic E-state index is 0.00779. The van der Waals surface area contributed by atoms with E-state index < -0.39 is 0 Å². The molecule has 0 spiro atoms. The number of rotatable bonds is 1. The van der Waals surface area contributed by atoms with Crippen LogP contribution in [0.15, 0.2) is 101 Å². The smallest absolute Gasteiger partial charge is 0.309 e. The molecule has 0 saturated heterocycles. The number of anilines is 8. The van der Waals surface area contributed by atoms with Crippen molar-refractivity contribution in [3.05, 3.63) is 147 Å². The number of nitrogens with zero attached hydrogens (tertiary/aromatic N) is 3. The maximum atomic E-state index is 8.00. The molecule has 4 atom stereocenters. The van der Waals surface area contributed by atoms with Gasteiger partial charge in [-0.3, -0.25) is 0 Å². The highest BCUT2D eigenvalue weighted by Crippen LogP contribution is 2.67. The van der Waals surface area contributed by atoms with Crippen LogP contribution < -0.4 is 30.6 Å². The number of furan rings is 1. The molecule has 6 aromatic carbocycles. The fraction of sp³-hybridized carbons (Fsp3) is 0.494. The van der Waals surface area contributed by atoms with E-state index in [0.29, 0.717) is 5.92 Å². The first-order chi connectivity index (χ1) is 39.9. The normalized spacial score (nSPS) is 28.1. The van der Waals surface area contributed by atoms with Gasteiger partial charge in [-0.2, -0.15) is 0 Å². The molecule has 0 amide bonds. The molecule has 436 valence electrons. The average molecular weight is 1140 g/mol. The minimum Gasteiger partial charge on any atom is -0.468 e. The van der Waals surface area contributed by atoms with Crippen molar-refractivity contribution in [3.8, 4) is 0 Å². The van der Waals surface area contributed by atoms with E-state index in [1.54, 1.807) is 11.1 Å². The quantitative estimate of drug-likeness (QED) is 0.153.